The monoisotopic (exact) mass is 516 g/mol. The molecular weight excluding hydrogens is 487 g/mol. The minimum absolute atomic E-state index is 0.00287. The second-order valence-corrected chi connectivity index (χ2v) is 10.7. The van der Waals surface area contributed by atoms with Crippen LogP contribution in [0.2, 0.25) is 0 Å². The van der Waals surface area contributed by atoms with Crippen molar-refractivity contribution in [3.05, 3.63) is 64.5 Å². The van der Waals surface area contributed by atoms with Crippen LogP contribution in [0.5, 0.6) is 5.75 Å². The minimum Gasteiger partial charge on any atom is -0.489 e. The van der Waals surface area contributed by atoms with E-state index in [1.165, 1.54) is 6.07 Å². The number of imide groups is 1. The molecule has 3 fully saturated rings. The van der Waals surface area contributed by atoms with Gasteiger partial charge in [0, 0.05) is 43.6 Å². The molecule has 0 radical (unpaired) electrons. The standard InChI is InChI=1S/C29H29FN4O4/c30-23-11-17(13-31)5-7-21(23)19-14-33(15-19)24-3-1-2-4-26(24)38-20-6-8-22-18(12-20)16-34(29(22)37)25-9-10-27(35)32-28(25)36/h5-8,11-12,19,24-26H,1-4,9-10,14-16H2,(H,32,35,36)/t24-,25?,26+/m0/s1. The van der Waals surface area contributed by atoms with E-state index in [0.29, 0.717) is 35.4 Å². The lowest BCUT2D eigenvalue weighted by Gasteiger charge is -2.48. The van der Waals surface area contributed by atoms with Crippen molar-refractivity contribution in [2.24, 2.45) is 0 Å². The minimum atomic E-state index is -0.639. The Balaban J connectivity index is 1.11. The Morgan fingerprint density at radius 1 is 1.03 bits per heavy atom. The molecule has 3 atom stereocenters. The second kappa shape index (κ2) is 9.84. The van der Waals surface area contributed by atoms with Crippen LogP contribution in [0.15, 0.2) is 36.4 Å². The molecule has 6 rings (SSSR count). The van der Waals surface area contributed by atoms with E-state index in [2.05, 4.69) is 10.2 Å². The smallest absolute Gasteiger partial charge is 0.255 e. The predicted molar refractivity (Wildman–Crippen MR) is 135 cm³/mol. The van der Waals surface area contributed by atoms with Crippen molar-refractivity contribution in [2.45, 2.75) is 69.2 Å². The second-order valence-electron chi connectivity index (χ2n) is 10.7. The molecule has 2 saturated heterocycles. The Morgan fingerprint density at radius 3 is 2.61 bits per heavy atom. The van der Waals surface area contributed by atoms with E-state index in [-0.39, 0.29) is 42.1 Å². The van der Waals surface area contributed by atoms with E-state index in [4.69, 9.17) is 10.00 Å². The van der Waals surface area contributed by atoms with Gasteiger partial charge >= 0.3 is 0 Å². The molecule has 0 spiro atoms. The number of fused-ring (bicyclic) bond motifs is 1. The lowest BCUT2D eigenvalue weighted by Crippen LogP contribution is -2.57. The largest absolute Gasteiger partial charge is 0.489 e. The first-order chi connectivity index (χ1) is 18.4. The van der Waals surface area contributed by atoms with Crippen LogP contribution in [0.3, 0.4) is 0 Å². The summed E-state index contributed by atoms with van der Waals surface area (Å²) in [6.45, 7) is 1.83. The molecule has 196 valence electrons. The fourth-order valence-corrected chi connectivity index (χ4v) is 6.34. The molecule has 4 aliphatic rings. The van der Waals surface area contributed by atoms with Gasteiger partial charge in [-0.3, -0.25) is 24.6 Å². The van der Waals surface area contributed by atoms with Gasteiger partial charge in [-0.25, -0.2) is 4.39 Å². The van der Waals surface area contributed by atoms with E-state index in [1.54, 1.807) is 23.1 Å². The lowest BCUT2D eigenvalue weighted by molar-refractivity contribution is -0.136. The molecule has 1 saturated carbocycles. The summed E-state index contributed by atoms with van der Waals surface area (Å²) >= 11 is 0. The Morgan fingerprint density at radius 2 is 1.84 bits per heavy atom. The van der Waals surface area contributed by atoms with Crippen LogP contribution in [0.4, 0.5) is 4.39 Å². The van der Waals surface area contributed by atoms with Gasteiger partial charge in [0.15, 0.2) is 0 Å². The lowest BCUT2D eigenvalue weighted by atomic mass is 9.84. The molecule has 2 aromatic rings. The first-order valence-electron chi connectivity index (χ1n) is 13.3. The van der Waals surface area contributed by atoms with Crippen LogP contribution >= 0.6 is 0 Å². The average Bonchev–Trinajstić information content (AvgIpc) is 3.20. The molecule has 1 aliphatic carbocycles. The molecule has 1 N–H and O–H groups in total. The summed E-state index contributed by atoms with van der Waals surface area (Å²) in [6.07, 6.45) is 4.70. The summed E-state index contributed by atoms with van der Waals surface area (Å²) < 4.78 is 21.0. The van der Waals surface area contributed by atoms with Gasteiger partial charge in [0.05, 0.1) is 11.6 Å². The van der Waals surface area contributed by atoms with Crippen molar-refractivity contribution in [1.82, 2.24) is 15.1 Å². The van der Waals surface area contributed by atoms with Crippen molar-refractivity contribution in [2.75, 3.05) is 13.1 Å². The number of ether oxygens (including phenoxy) is 1. The van der Waals surface area contributed by atoms with E-state index in [9.17, 15) is 18.8 Å². The maximum Gasteiger partial charge on any atom is 0.255 e. The van der Waals surface area contributed by atoms with E-state index in [1.807, 2.05) is 18.2 Å². The van der Waals surface area contributed by atoms with Gasteiger partial charge in [-0.15, -0.1) is 0 Å². The molecule has 9 heteroatoms. The van der Waals surface area contributed by atoms with Crippen LogP contribution in [-0.2, 0) is 16.1 Å². The van der Waals surface area contributed by atoms with Crippen LogP contribution in [0.1, 0.15) is 71.5 Å². The number of benzene rings is 2. The van der Waals surface area contributed by atoms with Gasteiger partial charge in [-0.2, -0.15) is 5.26 Å². The number of carbonyl (C=O) groups excluding carboxylic acids is 3. The maximum absolute atomic E-state index is 14.5. The van der Waals surface area contributed by atoms with Crippen molar-refractivity contribution in [3.63, 3.8) is 0 Å². The number of nitrogens with one attached hydrogen (secondary N) is 1. The zero-order valence-electron chi connectivity index (χ0n) is 21.0. The highest BCUT2D eigenvalue weighted by Crippen LogP contribution is 2.37. The first-order valence-corrected chi connectivity index (χ1v) is 13.3. The third-order valence-corrected chi connectivity index (χ3v) is 8.40. The number of hydrogen-bond donors (Lipinski definition) is 1. The van der Waals surface area contributed by atoms with Crippen LogP contribution in [-0.4, -0.2) is 58.8 Å². The first kappa shape index (κ1) is 24.6. The topological polar surface area (TPSA) is 103 Å². The van der Waals surface area contributed by atoms with Crippen LogP contribution in [0.25, 0.3) is 0 Å². The Hall–Kier alpha value is -3.77. The number of hydrogen-bond acceptors (Lipinski definition) is 6. The summed E-state index contributed by atoms with van der Waals surface area (Å²) in [5, 5.41) is 11.3. The van der Waals surface area contributed by atoms with Gasteiger partial charge in [-0.1, -0.05) is 12.5 Å². The summed E-state index contributed by atoms with van der Waals surface area (Å²) in [7, 11) is 0. The van der Waals surface area contributed by atoms with Crippen LogP contribution in [0, 0.1) is 17.1 Å². The molecule has 3 amide bonds. The summed E-state index contributed by atoms with van der Waals surface area (Å²) in [6, 6.07) is 11.8. The van der Waals surface area contributed by atoms with Gasteiger partial charge in [-0.05, 0) is 67.1 Å². The number of amides is 3. The molecule has 3 aliphatic heterocycles. The number of carbonyl (C=O) groups is 3. The third-order valence-electron chi connectivity index (χ3n) is 8.40. The number of nitrogens with zero attached hydrogens (tertiary/aromatic N) is 3. The normalized spacial score (nSPS) is 25.9. The van der Waals surface area contributed by atoms with Crippen molar-refractivity contribution in [3.8, 4) is 11.8 Å². The molecule has 2 aromatic carbocycles. The molecule has 38 heavy (non-hydrogen) atoms. The van der Waals surface area contributed by atoms with Crippen molar-refractivity contribution in [1.29, 1.82) is 5.26 Å². The number of halogens is 1. The highest BCUT2D eigenvalue weighted by molar-refractivity contribution is 6.05. The Labute approximate surface area is 220 Å². The number of rotatable bonds is 5. The quantitative estimate of drug-likeness (QED) is 0.612. The van der Waals surface area contributed by atoms with E-state index < -0.39 is 11.9 Å². The summed E-state index contributed by atoms with van der Waals surface area (Å²) in [5.41, 5.74) is 2.39. The fraction of sp³-hybridized carbons (Fsp3) is 0.448. The SMILES string of the molecule is N#Cc1ccc(C2CN([C@H]3CCCC[C@H]3Oc3ccc4c(c3)CN(C3CCC(=O)NC3=O)C4=O)C2)c(F)c1. The molecule has 0 bridgehead atoms. The van der Waals surface area contributed by atoms with Crippen molar-refractivity contribution >= 4 is 17.7 Å². The van der Waals surface area contributed by atoms with Crippen LogP contribution < -0.4 is 10.1 Å². The fourth-order valence-electron chi connectivity index (χ4n) is 6.34. The molecule has 8 nitrogen and oxygen atoms in total. The van der Waals surface area contributed by atoms with Gasteiger partial charge in [0.2, 0.25) is 11.8 Å². The molecule has 1 unspecified atom stereocenters. The zero-order chi connectivity index (χ0) is 26.4. The van der Waals surface area contributed by atoms with Gasteiger partial charge in [0.25, 0.3) is 5.91 Å². The van der Waals surface area contributed by atoms with E-state index in [0.717, 1.165) is 44.3 Å². The highest BCUT2D eigenvalue weighted by Gasteiger charge is 2.41. The molecular formula is C29H29FN4O4. The Kier molecular flexibility index (Phi) is 6.36. The van der Waals surface area contributed by atoms with Gasteiger partial charge in [0.1, 0.15) is 23.7 Å². The average molecular weight is 517 g/mol. The molecule has 3 heterocycles. The number of likely N-dealkylation sites (tertiary alicyclic amines) is 1. The number of nitriles is 1. The Bertz CT molecular complexity index is 1350. The highest BCUT2D eigenvalue weighted by atomic mass is 19.1. The van der Waals surface area contributed by atoms with Crippen molar-refractivity contribution < 1.29 is 23.5 Å². The summed E-state index contributed by atoms with van der Waals surface area (Å²) in [4.78, 5) is 40.7. The molecule has 0 aromatic heterocycles. The van der Waals surface area contributed by atoms with E-state index >= 15 is 0 Å². The van der Waals surface area contributed by atoms with Gasteiger partial charge < -0.3 is 9.64 Å². The third kappa shape index (κ3) is 4.43. The maximum atomic E-state index is 14.5. The summed E-state index contributed by atoms with van der Waals surface area (Å²) in [5.74, 6) is -0.424. The number of piperidine rings is 1. The predicted octanol–water partition coefficient (Wildman–Crippen LogP) is 3.25. The zero-order valence-corrected chi connectivity index (χ0v) is 21.0.